The molecule has 17 nitrogen and oxygen atoms in total. The molecule has 17 heteroatoms. The van der Waals surface area contributed by atoms with E-state index in [9.17, 15) is 33.9 Å². The van der Waals surface area contributed by atoms with Crippen molar-refractivity contribution in [3.05, 3.63) is 0 Å². The molecule has 0 unspecified atom stereocenters. The number of hydrazone groups is 1. The quantitative estimate of drug-likeness (QED) is 0.125. The van der Waals surface area contributed by atoms with Crippen molar-refractivity contribution in [3.8, 4) is 0 Å². The van der Waals surface area contributed by atoms with Gasteiger partial charge >= 0.3 is 35.9 Å². The van der Waals surface area contributed by atoms with Gasteiger partial charge in [-0.25, -0.2) is 15.0 Å². The van der Waals surface area contributed by atoms with E-state index in [1.165, 1.54) is 6.92 Å². The number of rotatable bonds is 10. The highest BCUT2D eigenvalue weighted by Crippen LogP contribution is 2.67. The molecule has 0 radical (unpaired) electrons. The monoisotopic (exact) mass is 765 g/mol. The van der Waals surface area contributed by atoms with Crippen LogP contribution in [0.2, 0.25) is 0 Å². The van der Waals surface area contributed by atoms with Crippen LogP contribution in [-0.4, -0.2) is 103 Å². The lowest BCUT2D eigenvalue weighted by Crippen LogP contribution is -2.64. The number of hydrogen-bond acceptors (Lipinski definition) is 15. The first kappa shape index (κ1) is 41.3. The summed E-state index contributed by atoms with van der Waals surface area (Å²) in [6.07, 6.45) is -2.34. The van der Waals surface area contributed by atoms with Crippen LogP contribution in [0.1, 0.15) is 92.9 Å². The van der Waals surface area contributed by atoms with E-state index in [4.69, 9.17) is 38.9 Å². The van der Waals surface area contributed by atoms with E-state index in [0.29, 0.717) is 24.5 Å². The Morgan fingerprint density at radius 1 is 0.833 bits per heavy atom. The van der Waals surface area contributed by atoms with Crippen molar-refractivity contribution in [2.45, 2.75) is 136 Å². The van der Waals surface area contributed by atoms with Crippen LogP contribution in [0.5, 0.6) is 0 Å². The summed E-state index contributed by atoms with van der Waals surface area (Å²) in [6, 6.07) is -0.914. The van der Waals surface area contributed by atoms with Crippen LogP contribution in [0.3, 0.4) is 0 Å². The fourth-order valence-corrected chi connectivity index (χ4v) is 11.0. The number of carbonyl (C=O) groups is 6. The molecule has 5 aliphatic rings. The molecule has 2 amide bonds. The van der Waals surface area contributed by atoms with Gasteiger partial charge in [-0.1, -0.05) is 13.8 Å². The number of ether oxygens (including phenoxy) is 7. The van der Waals surface area contributed by atoms with Gasteiger partial charge in [-0.15, -0.1) is 0 Å². The SMILES string of the molecule is COC(=O)[C@@H]1O[C@H](OC/C(=N\NC(N)=O)[C@@H]2CC[C@@H]3[C@@H]4CC[C@@H]5C[C@H](OC(C)=O)CC[C@]5(C)[C@@H]4[C@H](O)C[C@]32C)[C@@H](OC(C)=O)[C@H](OC(C)=O)[C@H]1OC(C)=O. The summed E-state index contributed by atoms with van der Waals surface area (Å²) < 4.78 is 39.0. The van der Waals surface area contributed by atoms with E-state index < -0.39 is 72.1 Å². The van der Waals surface area contributed by atoms with Crippen molar-refractivity contribution in [2.75, 3.05) is 13.7 Å². The van der Waals surface area contributed by atoms with Crippen LogP contribution in [-0.2, 0) is 57.1 Å². The lowest BCUT2D eigenvalue weighted by Gasteiger charge is -2.62. The highest BCUT2D eigenvalue weighted by Gasteiger charge is 2.64. The van der Waals surface area contributed by atoms with Gasteiger partial charge < -0.3 is 44.0 Å². The Bertz CT molecular complexity index is 1510. The first-order valence-electron chi connectivity index (χ1n) is 18.7. The molecule has 5 rings (SSSR count). The number of primary amides is 1. The Morgan fingerprint density at radius 3 is 2.07 bits per heavy atom. The number of urea groups is 1. The first-order valence-corrected chi connectivity index (χ1v) is 18.7. The molecule has 4 aliphatic carbocycles. The van der Waals surface area contributed by atoms with Crippen molar-refractivity contribution in [2.24, 2.45) is 51.3 Å². The largest absolute Gasteiger partial charge is 0.467 e. The average molecular weight is 766 g/mol. The number of nitrogens with zero attached hydrogens (tertiary/aromatic N) is 1. The van der Waals surface area contributed by atoms with Crippen LogP contribution < -0.4 is 11.2 Å². The minimum Gasteiger partial charge on any atom is -0.467 e. The van der Waals surface area contributed by atoms with Crippen molar-refractivity contribution in [1.82, 2.24) is 5.43 Å². The average Bonchev–Trinajstić information content (AvgIpc) is 3.41. The Labute approximate surface area is 314 Å². The van der Waals surface area contributed by atoms with Gasteiger partial charge in [0, 0.05) is 33.6 Å². The molecule has 1 heterocycles. The number of methoxy groups -OCH3 is 1. The predicted octanol–water partition coefficient (Wildman–Crippen LogP) is 2.28. The van der Waals surface area contributed by atoms with Crippen LogP contribution in [0.15, 0.2) is 5.10 Å². The molecule has 0 aromatic rings. The molecule has 0 bridgehead atoms. The number of amides is 2. The molecule has 54 heavy (non-hydrogen) atoms. The maximum Gasteiger partial charge on any atom is 0.339 e. The summed E-state index contributed by atoms with van der Waals surface area (Å²) in [4.78, 5) is 73.3. The second-order valence-electron chi connectivity index (χ2n) is 16.0. The third-order valence-electron chi connectivity index (χ3n) is 12.8. The van der Waals surface area contributed by atoms with Crippen molar-refractivity contribution < 1.29 is 67.0 Å². The highest BCUT2D eigenvalue weighted by atomic mass is 16.7. The third-order valence-corrected chi connectivity index (χ3v) is 12.8. The lowest BCUT2D eigenvalue weighted by molar-refractivity contribution is -0.298. The second kappa shape index (κ2) is 16.5. The molecule has 302 valence electrons. The number of hydrogen-bond donors (Lipinski definition) is 3. The highest BCUT2D eigenvalue weighted by molar-refractivity contribution is 5.90. The number of fused-ring (bicyclic) bond motifs is 5. The number of aliphatic hydroxyl groups excluding tert-OH is 1. The van der Waals surface area contributed by atoms with E-state index in [-0.39, 0.29) is 47.8 Å². The Morgan fingerprint density at radius 2 is 1.46 bits per heavy atom. The van der Waals surface area contributed by atoms with Gasteiger partial charge in [-0.05, 0) is 85.9 Å². The van der Waals surface area contributed by atoms with Gasteiger partial charge in [-0.2, -0.15) is 5.10 Å². The summed E-state index contributed by atoms with van der Waals surface area (Å²) in [5.74, 6) is -3.21. The molecule has 0 aromatic carbocycles. The summed E-state index contributed by atoms with van der Waals surface area (Å²) in [5, 5.41) is 16.4. The minimum atomic E-state index is -1.65. The summed E-state index contributed by atoms with van der Waals surface area (Å²) in [6.45, 7) is 8.82. The normalized spacial score (nSPS) is 40.1. The Hall–Kier alpha value is -3.83. The molecule has 4 N–H and O–H groups in total. The van der Waals surface area contributed by atoms with Crippen LogP contribution >= 0.6 is 0 Å². The van der Waals surface area contributed by atoms with Gasteiger partial charge in [0.05, 0.1) is 25.5 Å². The molecule has 4 saturated carbocycles. The van der Waals surface area contributed by atoms with E-state index in [0.717, 1.165) is 66.4 Å². The standard InChI is InChI=1S/C37H55N3O14/c1-17(41)50-22-12-13-36(5)21(14-22)8-9-23-24-10-11-25(37(24,6)15-27(45)28(23)36)26(39-40-35(38)47)16-49-34-32(53-20(4)44)30(52-19(3)43)29(51-18(2)42)31(54-34)33(46)48-7/h21-25,27-32,34,45H,8-16H2,1-7H3,(H3,38,40,47)/b39-26+/t21-,22-,23+,24-,25+,27-,28+,29-,30-,31-,32+,34+,36+,37-/m1/s1. The number of esters is 5. The van der Waals surface area contributed by atoms with Gasteiger partial charge in [0.1, 0.15) is 6.10 Å². The fraction of sp³-hybridized carbons (Fsp3) is 0.811. The summed E-state index contributed by atoms with van der Waals surface area (Å²) in [7, 11) is 1.09. The number of nitrogens with one attached hydrogen (secondary N) is 1. The zero-order valence-electron chi connectivity index (χ0n) is 32.1. The molecule has 5 fully saturated rings. The van der Waals surface area contributed by atoms with E-state index >= 15 is 0 Å². The topological polar surface area (TPSA) is 238 Å². The summed E-state index contributed by atoms with van der Waals surface area (Å²) >= 11 is 0. The lowest BCUT2D eigenvalue weighted by atomic mass is 9.44. The molecular weight excluding hydrogens is 710 g/mol. The van der Waals surface area contributed by atoms with Crippen LogP contribution in [0, 0.1) is 40.4 Å². The van der Waals surface area contributed by atoms with E-state index in [1.807, 2.05) is 0 Å². The Balaban J connectivity index is 1.42. The van der Waals surface area contributed by atoms with Gasteiger partial charge in [0.2, 0.25) is 0 Å². The number of nitrogens with two attached hydrogens (primary N) is 1. The van der Waals surface area contributed by atoms with E-state index in [1.54, 1.807) is 0 Å². The van der Waals surface area contributed by atoms with Gasteiger partial charge in [0.15, 0.2) is 30.7 Å². The Kier molecular flexibility index (Phi) is 12.6. The zero-order valence-corrected chi connectivity index (χ0v) is 32.1. The maximum absolute atomic E-state index is 12.9. The molecule has 1 saturated heterocycles. The van der Waals surface area contributed by atoms with Crippen LogP contribution in [0.4, 0.5) is 4.79 Å². The summed E-state index contributed by atoms with van der Waals surface area (Å²) in [5.41, 5.74) is 7.54. The molecular formula is C37H55N3O14. The van der Waals surface area contributed by atoms with Crippen molar-refractivity contribution in [1.29, 1.82) is 0 Å². The number of carbonyl (C=O) groups excluding carboxylic acids is 6. The smallest absolute Gasteiger partial charge is 0.339 e. The van der Waals surface area contributed by atoms with Crippen molar-refractivity contribution >= 4 is 41.6 Å². The fourth-order valence-electron chi connectivity index (χ4n) is 11.0. The predicted molar refractivity (Wildman–Crippen MR) is 186 cm³/mol. The molecule has 1 aliphatic heterocycles. The second-order valence-corrected chi connectivity index (χ2v) is 16.0. The maximum atomic E-state index is 12.9. The third kappa shape index (κ3) is 8.37. The molecule has 14 atom stereocenters. The zero-order chi connectivity index (χ0) is 39.7. The first-order chi connectivity index (χ1) is 25.4. The minimum absolute atomic E-state index is 0.0606. The molecule has 0 spiro atoms. The van der Waals surface area contributed by atoms with Gasteiger partial charge in [-0.3, -0.25) is 19.2 Å². The molecule has 0 aromatic heterocycles. The van der Waals surface area contributed by atoms with Crippen molar-refractivity contribution in [3.63, 3.8) is 0 Å². The van der Waals surface area contributed by atoms with E-state index in [2.05, 4.69) is 24.4 Å². The number of aliphatic hydroxyl groups is 1. The van der Waals surface area contributed by atoms with Crippen LogP contribution in [0.25, 0.3) is 0 Å². The van der Waals surface area contributed by atoms with Gasteiger partial charge in [0.25, 0.3) is 0 Å².